The molecule has 2 saturated heterocycles. The van der Waals surface area contributed by atoms with Crippen molar-refractivity contribution in [2.24, 2.45) is 17.1 Å². The molecule has 1 saturated carbocycles. The summed E-state index contributed by atoms with van der Waals surface area (Å²) in [7, 11) is 0. The Kier molecular flexibility index (Phi) is 2.77. The van der Waals surface area contributed by atoms with E-state index in [1.807, 2.05) is 0 Å². The average molecular weight is 239 g/mol. The molecule has 3 rings (SSSR count). The Morgan fingerprint density at radius 3 is 2.59 bits per heavy atom. The fourth-order valence-corrected chi connectivity index (χ4v) is 4.62. The van der Waals surface area contributed by atoms with E-state index < -0.39 is 5.60 Å². The molecule has 0 radical (unpaired) electrons. The van der Waals surface area contributed by atoms with Crippen LogP contribution in [0.3, 0.4) is 0 Å². The zero-order valence-electron chi connectivity index (χ0n) is 10.8. The van der Waals surface area contributed by atoms with E-state index in [4.69, 9.17) is 10.5 Å². The number of ether oxygens (including phenoxy) is 1. The lowest BCUT2D eigenvalue weighted by molar-refractivity contribution is -0.109. The smallest absolute Gasteiger partial charge is 0.0744 e. The van der Waals surface area contributed by atoms with Gasteiger partial charge in [0.05, 0.1) is 17.8 Å². The van der Waals surface area contributed by atoms with E-state index in [-0.39, 0.29) is 11.5 Å². The van der Waals surface area contributed by atoms with Crippen LogP contribution in [0, 0.1) is 11.3 Å². The van der Waals surface area contributed by atoms with Crippen LogP contribution in [0.15, 0.2) is 0 Å². The summed E-state index contributed by atoms with van der Waals surface area (Å²) in [6.07, 6.45) is 8.04. The molecule has 98 valence electrons. The van der Waals surface area contributed by atoms with Gasteiger partial charge in [0.15, 0.2) is 0 Å². The Hall–Kier alpha value is -0.120. The van der Waals surface area contributed by atoms with Crippen molar-refractivity contribution >= 4 is 0 Å². The quantitative estimate of drug-likeness (QED) is 0.790. The van der Waals surface area contributed by atoms with E-state index in [1.165, 1.54) is 12.8 Å². The summed E-state index contributed by atoms with van der Waals surface area (Å²) in [5, 5.41) is 11.1. The van der Waals surface area contributed by atoms with Crippen LogP contribution in [0.5, 0.6) is 0 Å². The summed E-state index contributed by atoms with van der Waals surface area (Å²) in [5.41, 5.74) is 5.37. The molecule has 0 amide bonds. The van der Waals surface area contributed by atoms with Crippen molar-refractivity contribution in [1.82, 2.24) is 0 Å². The molecule has 17 heavy (non-hydrogen) atoms. The zero-order chi connectivity index (χ0) is 12.1. The SMILES string of the molecule is CCC1CCC(O)(C2(CN)CC3CCC2O3)C1. The molecule has 0 aromatic heterocycles. The fourth-order valence-electron chi connectivity index (χ4n) is 4.62. The van der Waals surface area contributed by atoms with Crippen molar-refractivity contribution in [2.45, 2.75) is 69.7 Å². The minimum Gasteiger partial charge on any atom is -0.389 e. The second-order valence-corrected chi connectivity index (χ2v) is 6.44. The van der Waals surface area contributed by atoms with Gasteiger partial charge in [-0.25, -0.2) is 0 Å². The van der Waals surface area contributed by atoms with Gasteiger partial charge in [0, 0.05) is 12.0 Å². The van der Waals surface area contributed by atoms with Crippen LogP contribution in [-0.2, 0) is 4.74 Å². The zero-order valence-corrected chi connectivity index (χ0v) is 10.8. The van der Waals surface area contributed by atoms with Crippen LogP contribution in [0.25, 0.3) is 0 Å². The molecule has 5 unspecified atom stereocenters. The summed E-state index contributed by atoms with van der Waals surface area (Å²) in [6, 6.07) is 0. The lowest BCUT2D eigenvalue weighted by atomic mass is 9.62. The Balaban J connectivity index is 1.86. The van der Waals surface area contributed by atoms with Crippen LogP contribution >= 0.6 is 0 Å². The number of aliphatic hydroxyl groups is 1. The van der Waals surface area contributed by atoms with E-state index >= 15 is 0 Å². The third-order valence-electron chi connectivity index (χ3n) is 5.78. The van der Waals surface area contributed by atoms with Crippen LogP contribution in [-0.4, -0.2) is 29.5 Å². The van der Waals surface area contributed by atoms with E-state index in [9.17, 15) is 5.11 Å². The van der Waals surface area contributed by atoms with Crippen molar-refractivity contribution < 1.29 is 9.84 Å². The Bertz CT molecular complexity index is 309. The Morgan fingerprint density at radius 1 is 1.29 bits per heavy atom. The van der Waals surface area contributed by atoms with Gasteiger partial charge in [-0.05, 0) is 44.4 Å². The molecule has 3 heteroatoms. The number of fused-ring (bicyclic) bond motifs is 2. The van der Waals surface area contributed by atoms with Crippen molar-refractivity contribution in [2.75, 3.05) is 6.54 Å². The predicted molar refractivity (Wildman–Crippen MR) is 66.6 cm³/mol. The first-order valence-electron chi connectivity index (χ1n) is 7.21. The topological polar surface area (TPSA) is 55.5 Å². The summed E-state index contributed by atoms with van der Waals surface area (Å²) in [5.74, 6) is 0.683. The van der Waals surface area contributed by atoms with Crippen LogP contribution < -0.4 is 5.73 Å². The summed E-state index contributed by atoms with van der Waals surface area (Å²) in [6.45, 7) is 2.81. The highest BCUT2D eigenvalue weighted by Crippen LogP contribution is 2.58. The Morgan fingerprint density at radius 2 is 2.12 bits per heavy atom. The van der Waals surface area contributed by atoms with Crippen molar-refractivity contribution in [1.29, 1.82) is 0 Å². The molecule has 2 aliphatic heterocycles. The van der Waals surface area contributed by atoms with E-state index in [0.717, 1.165) is 32.1 Å². The molecule has 3 nitrogen and oxygen atoms in total. The largest absolute Gasteiger partial charge is 0.389 e. The minimum absolute atomic E-state index is 0.139. The molecule has 3 aliphatic rings. The molecule has 2 bridgehead atoms. The molecule has 0 aromatic rings. The highest BCUT2D eigenvalue weighted by Gasteiger charge is 2.63. The average Bonchev–Trinajstić information content (AvgIpc) is 3.02. The molecule has 2 heterocycles. The van der Waals surface area contributed by atoms with Gasteiger partial charge in [-0.15, -0.1) is 0 Å². The Labute approximate surface area is 104 Å². The first-order valence-corrected chi connectivity index (χ1v) is 7.21. The molecule has 0 spiro atoms. The highest BCUT2D eigenvalue weighted by atomic mass is 16.5. The third kappa shape index (κ3) is 1.52. The van der Waals surface area contributed by atoms with Crippen LogP contribution in [0.2, 0.25) is 0 Å². The lowest BCUT2D eigenvalue weighted by Crippen LogP contribution is -2.56. The van der Waals surface area contributed by atoms with Gasteiger partial charge in [0.25, 0.3) is 0 Å². The maximum absolute atomic E-state index is 11.1. The summed E-state index contributed by atoms with van der Waals surface area (Å²) >= 11 is 0. The summed E-state index contributed by atoms with van der Waals surface area (Å²) < 4.78 is 5.99. The standard InChI is InChI=1S/C14H25NO2/c1-2-10-5-6-14(16,7-10)13(9-15)8-11-3-4-12(13)17-11/h10-12,16H,2-9,15H2,1H3. The second kappa shape index (κ2) is 3.94. The van der Waals surface area contributed by atoms with Crippen LogP contribution in [0.1, 0.15) is 51.9 Å². The number of nitrogens with two attached hydrogens (primary N) is 1. The monoisotopic (exact) mass is 239 g/mol. The van der Waals surface area contributed by atoms with Gasteiger partial charge < -0.3 is 15.6 Å². The van der Waals surface area contributed by atoms with Crippen molar-refractivity contribution in [3.8, 4) is 0 Å². The molecule has 3 N–H and O–H groups in total. The number of hydrogen-bond donors (Lipinski definition) is 2. The van der Waals surface area contributed by atoms with Crippen molar-refractivity contribution in [3.05, 3.63) is 0 Å². The highest BCUT2D eigenvalue weighted by molar-refractivity contribution is 5.13. The molecule has 3 fully saturated rings. The maximum Gasteiger partial charge on any atom is 0.0744 e. The molecule has 5 atom stereocenters. The van der Waals surface area contributed by atoms with Gasteiger partial charge in [0.1, 0.15) is 0 Å². The molecular formula is C14H25NO2. The second-order valence-electron chi connectivity index (χ2n) is 6.44. The normalized spacial score (nSPS) is 53.5. The first kappa shape index (κ1) is 11.9. The summed E-state index contributed by atoms with van der Waals surface area (Å²) in [4.78, 5) is 0. The van der Waals surface area contributed by atoms with Gasteiger partial charge in [0.2, 0.25) is 0 Å². The van der Waals surface area contributed by atoms with Gasteiger partial charge >= 0.3 is 0 Å². The van der Waals surface area contributed by atoms with Gasteiger partial charge in [-0.1, -0.05) is 13.3 Å². The molecular weight excluding hydrogens is 214 g/mol. The third-order valence-corrected chi connectivity index (χ3v) is 5.78. The van der Waals surface area contributed by atoms with Gasteiger partial charge in [-0.2, -0.15) is 0 Å². The maximum atomic E-state index is 11.1. The first-order chi connectivity index (χ1) is 8.13. The number of rotatable bonds is 3. The van der Waals surface area contributed by atoms with Gasteiger partial charge in [-0.3, -0.25) is 0 Å². The lowest BCUT2D eigenvalue weighted by Gasteiger charge is -2.46. The van der Waals surface area contributed by atoms with E-state index in [1.54, 1.807) is 0 Å². The predicted octanol–water partition coefficient (Wildman–Crippen LogP) is 1.82. The van der Waals surface area contributed by atoms with E-state index in [0.29, 0.717) is 18.6 Å². The fraction of sp³-hybridized carbons (Fsp3) is 1.00. The van der Waals surface area contributed by atoms with Crippen LogP contribution in [0.4, 0.5) is 0 Å². The molecule has 0 aromatic carbocycles. The molecule has 1 aliphatic carbocycles. The minimum atomic E-state index is -0.553. The van der Waals surface area contributed by atoms with Crippen molar-refractivity contribution in [3.63, 3.8) is 0 Å². The number of hydrogen-bond acceptors (Lipinski definition) is 3. The van der Waals surface area contributed by atoms with E-state index in [2.05, 4.69) is 6.92 Å².